The number of nitrogens with zero attached hydrogens (tertiary/aromatic N) is 2. The van der Waals surface area contributed by atoms with Crippen molar-refractivity contribution in [2.75, 3.05) is 0 Å². The van der Waals surface area contributed by atoms with E-state index in [-0.39, 0.29) is 3.74 Å². The van der Waals surface area contributed by atoms with Crippen molar-refractivity contribution in [3.63, 3.8) is 0 Å². The van der Waals surface area contributed by atoms with E-state index in [2.05, 4.69) is 42.1 Å². The fraction of sp³-hybridized carbons (Fsp3) is 0.200. The van der Waals surface area contributed by atoms with Crippen molar-refractivity contribution in [3.8, 4) is 6.07 Å². The maximum absolute atomic E-state index is 8.50. The Morgan fingerprint density at radius 1 is 1.70 bits per heavy atom. The van der Waals surface area contributed by atoms with Gasteiger partial charge in [-0.1, -0.05) is 31.9 Å². The quantitative estimate of drug-likeness (QED) is 0.790. The summed E-state index contributed by atoms with van der Waals surface area (Å²) >= 11 is 6.50. The normalized spacial score (nSPS) is 9.80. The summed E-state index contributed by atoms with van der Waals surface area (Å²) in [7, 11) is 0. The topological polar surface area (TPSA) is 52.5 Å². The van der Waals surface area contributed by atoms with Crippen LogP contribution in [0.5, 0.6) is 0 Å². The van der Waals surface area contributed by atoms with Crippen LogP contribution >= 0.6 is 31.9 Å². The molecule has 0 fully saturated rings. The van der Waals surface area contributed by atoms with E-state index in [1.807, 2.05) is 6.07 Å². The molecule has 1 rings (SSSR count). The van der Waals surface area contributed by atoms with E-state index >= 15 is 0 Å². The molecular weight excluding hydrogens is 262 g/mol. The molecule has 0 atom stereocenters. The number of hydrogen-bond acceptors (Lipinski definition) is 2. The molecule has 10 heavy (non-hydrogen) atoms. The van der Waals surface area contributed by atoms with E-state index in [1.54, 1.807) is 0 Å². The Morgan fingerprint density at radius 2 is 2.40 bits per heavy atom. The van der Waals surface area contributed by atoms with Crippen LogP contribution in [0.4, 0.5) is 0 Å². The van der Waals surface area contributed by atoms with Gasteiger partial charge in [0.15, 0.2) is 0 Å². The van der Waals surface area contributed by atoms with Gasteiger partial charge >= 0.3 is 0 Å². The largest absolute Gasteiger partial charge is 0.279 e. The van der Waals surface area contributed by atoms with E-state index < -0.39 is 0 Å². The first-order valence-corrected chi connectivity index (χ1v) is 4.30. The Hall–Kier alpha value is -0.340. The molecule has 52 valence electrons. The highest BCUT2D eigenvalue weighted by molar-refractivity contribution is 9.24. The smallest absolute Gasteiger partial charge is 0.112 e. The van der Waals surface area contributed by atoms with Gasteiger partial charge in [-0.25, -0.2) is 0 Å². The Bertz CT molecular complexity index is 260. The van der Waals surface area contributed by atoms with E-state index in [9.17, 15) is 0 Å². The van der Waals surface area contributed by atoms with Crippen molar-refractivity contribution < 1.29 is 0 Å². The summed E-state index contributed by atoms with van der Waals surface area (Å²) in [5.74, 6) is 0. The highest BCUT2D eigenvalue weighted by Gasteiger charge is 2.09. The third-order valence-corrected chi connectivity index (χ3v) is 1.92. The van der Waals surface area contributed by atoms with Gasteiger partial charge < -0.3 is 0 Å². The lowest BCUT2D eigenvalue weighted by Crippen LogP contribution is -1.83. The zero-order chi connectivity index (χ0) is 7.56. The first-order chi connectivity index (χ1) is 4.75. The molecule has 3 nitrogen and oxygen atoms in total. The van der Waals surface area contributed by atoms with Gasteiger partial charge in [0.2, 0.25) is 0 Å². The van der Waals surface area contributed by atoms with Crippen molar-refractivity contribution in [3.05, 3.63) is 17.5 Å². The Balaban J connectivity index is 3.05. The van der Waals surface area contributed by atoms with Crippen LogP contribution < -0.4 is 0 Å². The van der Waals surface area contributed by atoms with Gasteiger partial charge in [-0.2, -0.15) is 10.4 Å². The third-order valence-electron chi connectivity index (χ3n) is 1.01. The van der Waals surface area contributed by atoms with Crippen LogP contribution in [0.3, 0.4) is 0 Å². The van der Waals surface area contributed by atoms with Crippen molar-refractivity contribution in [1.29, 1.82) is 5.26 Å². The molecule has 5 heteroatoms. The predicted molar refractivity (Wildman–Crippen MR) is 43.9 cm³/mol. The van der Waals surface area contributed by atoms with E-state index in [4.69, 9.17) is 5.26 Å². The first kappa shape index (κ1) is 7.76. The highest BCUT2D eigenvalue weighted by atomic mass is 79.9. The molecule has 1 heterocycles. The molecule has 0 unspecified atom stereocenters. The zero-order valence-electron chi connectivity index (χ0n) is 4.81. The molecule has 0 aliphatic rings. The van der Waals surface area contributed by atoms with Crippen molar-refractivity contribution >= 4 is 31.9 Å². The van der Waals surface area contributed by atoms with Crippen LogP contribution in [0.15, 0.2) is 6.20 Å². The van der Waals surface area contributed by atoms with E-state index in [1.165, 1.54) is 6.20 Å². The minimum absolute atomic E-state index is 0.0304. The SMILES string of the molecule is N#Cc1cn[nH]c1C(Br)Br. The summed E-state index contributed by atoms with van der Waals surface area (Å²) in [6.07, 6.45) is 1.49. The third kappa shape index (κ3) is 1.39. The first-order valence-electron chi connectivity index (χ1n) is 2.47. The number of nitriles is 1. The molecular formula is C5H3Br2N3. The van der Waals surface area contributed by atoms with Gasteiger partial charge in [0.25, 0.3) is 0 Å². The van der Waals surface area contributed by atoms with Crippen molar-refractivity contribution in [2.45, 2.75) is 3.74 Å². The van der Waals surface area contributed by atoms with Gasteiger partial charge in [0, 0.05) is 0 Å². The number of nitrogens with one attached hydrogen (secondary N) is 1. The summed E-state index contributed by atoms with van der Waals surface area (Å²) in [4.78, 5) is 0. The summed E-state index contributed by atoms with van der Waals surface area (Å²) in [5.41, 5.74) is 1.31. The fourth-order valence-corrected chi connectivity index (χ4v) is 1.25. The van der Waals surface area contributed by atoms with Gasteiger partial charge in [0.1, 0.15) is 9.81 Å². The number of aromatic amines is 1. The summed E-state index contributed by atoms with van der Waals surface area (Å²) in [6, 6.07) is 2.00. The Kier molecular flexibility index (Phi) is 2.46. The van der Waals surface area contributed by atoms with Gasteiger partial charge in [-0.15, -0.1) is 0 Å². The Morgan fingerprint density at radius 3 is 2.80 bits per heavy atom. The lowest BCUT2D eigenvalue weighted by atomic mass is 10.3. The second-order valence-corrected chi connectivity index (χ2v) is 4.67. The van der Waals surface area contributed by atoms with E-state index in [0.29, 0.717) is 5.56 Å². The van der Waals surface area contributed by atoms with Crippen LogP contribution in [0.1, 0.15) is 15.0 Å². The highest BCUT2D eigenvalue weighted by Crippen LogP contribution is 2.29. The van der Waals surface area contributed by atoms with Crippen LogP contribution in [-0.4, -0.2) is 10.2 Å². The average molecular weight is 265 g/mol. The average Bonchev–Trinajstić information content (AvgIpc) is 2.33. The number of H-pyrrole nitrogens is 1. The molecule has 0 aliphatic carbocycles. The van der Waals surface area contributed by atoms with Crippen molar-refractivity contribution in [2.24, 2.45) is 0 Å². The maximum Gasteiger partial charge on any atom is 0.112 e. The van der Waals surface area contributed by atoms with Crippen LogP contribution in [-0.2, 0) is 0 Å². The molecule has 0 saturated carbocycles. The van der Waals surface area contributed by atoms with Crippen LogP contribution in [0.2, 0.25) is 0 Å². The fourth-order valence-electron chi connectivity index (χ4n) is 0.552. The number of alkyl halides is 2. The number of halogens is 2. The maximum atomic E-state index is 8.50. The molecule has 0 radical (unpaired) electrons. The lowest BCUT2D eigenvalue weighted by Gasteiger charge is -1.94. The van der Waals surface area contributed by atoms with Crippen molar-refractivity contribution in [1.82, 2.24) is 10.2 Å². The molecule has 0 amide bonds. The van der Waals surface area contributed by atoms with Crippen LogP contribution in [0.25, 0.3) is 0 Å². The standard InChI is InChI=1S/C5H3Br2N3/c6-5(7)4-3(1-8)2-9-10-4/h2,5H,(H,9,10). The number of hydrogen-bond donors (Lipinski definition) is 1. The minimum Gasteiger partial charge on any atom is -0.279 e. The van der Waals surface area contributed by atoms with Gasteiger partial charge in [0.05, 0.1) is 17.5 Å². The minimum atomic E-state index is -0.0304. The monoisotopic (exact) mass is 263 g/mol. The molecule has 0 aromatic carbocycles. The molecule has 0 aliphatic heterocycles. The molecule has 0 saturated heterocycles. The second-order valence-electron chi connectivity index (χ2n) is 1.61. The molecule has 0 bridgehead atoms. The van der Waals surface area contributed by atoms with E-state index in [0.717, 1.165) is 5.69 Å². The molecule has 1 aromatic rings. The van der Waals surface area contributed by atoms with Gasteiger partial charge in [-0.05, 0) is 0 Å². The number of rotatable bonds is 1. The lowest BCUT2D eigenvalue weighted by molar-refractivity contribution is 1.04. The summed E-state index contributed by atoms with van der Waals surface area (Å²) < 4.78 is -0.0304. The molecule has 1 N–H and O–H groups in total. The summed E-state index contributed by atoms with van der Waals surface area (Å²) in [6.45, 7) is 0. The summed E-state index contributed by atoms with van der Waals surface area (Å²) in [5, 5.41) is 14.9. The predicted octanol–water partition coefficient (Wildman–Crippen LogP) is 2.07. The molecule has 0 spiro atoms. The Labute approximate surface area is 74.7 Å². The zero-order valence-corrected chi connectivity index (χ0v) is 7.98. The molecule has 1 aromatic heterocycles. The van der Waals surface area contributed by atoms with Gasteiger partial charge in [-0.3, -0.25) is 5.10 Å². The number of aromatic nitrogens is 2. The van der Waals surface area contributed by atoms with Crippen LogP contribution in [0, 0.1) is 11.3 Å². The second kappa shape index (κ2) is 3.17.